The Labute approximate surface area is 191 Å². The molecule has 172 valence electrons. The number of nitrogens with zero attached hydrogens (tertiary/aromatic N) is 1. The molecule has 9 nitrogen and oxygen atoms in total. The Bertz CT molecular complexity index is 1140. The average molecular weight is 450 g/mol. The summed E-state index contributed by atoms with van der Waals surface area (Å²) in [5, 5.41) is 8.05. The Morgan fingerprint density at radius 3 is 2.30 bits per heavy atom. The fourth-order valence-electron chi connectivity index (χ4n) is 3.34. The van der Waals surface area contributed by atoms with E-state index in [1.807, 2.05) is 26.0 Å². The van der Waals surface area contributed by atoms with Crippen LogP contribution in [-0.2, 0) is 20.8 Å². The molecule has 0 fully saturated rings. The Balaban J connectivity index is 1.61. The van der Waals surface area contributed by atoms with Gasteiger partial charge in [-0.2, -0.15) is 0 Å². The minimum absolute atomic E-state index is 0.147. The van der Waals surface area contributed by atoms with Crippen molar-refractivity contribution in [3.8, 4) is 17.1 Å². The molecule has 0 bridgehead atoms. The van der Waals surface area contributed by atoms with Gasteiger partial charge < -0.3 is 25.1 Å². The normalized spacial score (nSPS) is 10.9. The molecule has 0 spiro atoms. The van der Waals surface area contributed by atoms with Crippen molar-refractivity contribution >= 4 is 29.1 Å². The number of carbonyl (C=O) groups is 3. The second kappa shape index (κ2) is 9.99. The van der Waals surface area contributed by atoms with Crippen molar-refractivity contribution in [2.45, 2.75) is 32.7 Å². The van der Waals surface area contributed by atoms with E-state index in [1.54, 1.807) is 36.5 Å². The van der Waals surface area contributed by atoms with Gasteiger partial charge >= 0.3 is 11.8 Å². The molecule has 0 aliphatic carbocycles. The van der Waals surface area contributed by atoms with E-state index in [2.05, 4.69) is 20.9 Å². The van der Waals surface area contributed by atoms with E-state index in [0.29, 0.717) is 34.9 Å². The van der Waals surface area contributed by atoms with Gasteiger partial charge in [0.2, 0.25) is 5.91 Å². The van der Waals surface area contributed by atoms with Gasteiger partial charge in [-0.1, -0.05) is 12.1 Å². The highest BCUT2D eigenvalue weighted by molar-refractivity contribution is 6.39. The lowest BCUT2D eigenvalue weighted by Gasteiger charge is -2.26. The number of aromatic nitrogens is 1. The molecule has 9 heteroatoms. The van der Waals surface area contributed by atoms with Crippen LogP contribution < -0.4 is 20.7 Å². The fraction of sp³-hybridized carbons (Fsp3) is 0.250. The molecule has 0 aliphatic heterocycles. The smallest absolute Gasteiger partial charge is 0.313 e. The molecule has 3 rings (SSSR count). The second-order valence-electron chi connectivity index (χ2n) is 8.13. The van der Waals surface area contributed by atoms with Crippen LogP contribution in [0.3, 0.4) is 0 Å². The summed E-state index contributed by atoms with van der Waals surface area (Å²) in [5.41, 5.74) is 2.03. The Morgan fingerprint density at radius 1 is 1.00 bits per heavy atom. The van der Waals surface area contributed by atoms with E-state index in [0.717, 1.165) is 5.56 Å². The third-order valence-corrected chi connectivity index (χ3v) is 4.74. The summed E-state index contributed by atoms with van der Waals surface area (Å²) in [6.45, 7) is 5.10. The van der Waals surface area contributed by atoms with Crippen LogP contribution in [0.2, 0.25) is 0 Å². The van der Waals surface area contributed by atoms with Crippen LogP contribution in [0.15, 0.2) is 59.5 Å². The molecule has 3 aromatic rings. The van der Waals surface area contributed by atoms with Crippen molar-refractivity contribution in [2.75, 3.05) is 17.7 Å². The molecule has 2 aromatic carbocycles. The quantitative estimate of drug-likeness (QED) is 0.474. The van der Waals surface area contributed by atoms with Crippen LogP contribution in [-0.4, -0.2) is 35.4 Å². The SMILES string of the molecule is COc1cc(NC(=O)C(=O)NC(C)(C)Cc2ccc(NC(C)=O)cc2)ccc1-c1cnco1. The van der Waals surface area contributed by atoms with Gasteiger partial charge in [0.15, 0.2) is 12.2 Å². The molecular weight excluding hydrogens is 424 g/mol. The number of amides is 3. The van der Waals surface area contributed by atoms with E-state index in [4.69, 9.17) is 9.15 Å². The average Bonchev–Trinajstić information content (AvgIpc) is 3.28. The van der Waals surface area contributed by atoms with Gasteiger partial charge in [0.25, 0.3) is 0 Å². The standard InChI is InChI=1S/C24H26N4O5/c1-15(29)26-17-7-5-16(6-8-17)12-24(2,3)28-23(31)22(30)27-18-9-10-19(20(11-18)32-4)21-13-25-14-33-21/h5-11,13-14H,12H2,1-4H3,(H,26,29)(H,27,30)(H,28,31). The zero-order valence-corrected chi connectivity index (χ0v) is 18.9. The van der Waals surface area contributed by atoms with E-state index in [9.17, 15) is 14.4 Å². The van der Waals surface area contributed by atoms with Gasteiger partial charge in [0.1, 0.15) is 5.75 Å². The van der Waals surface area contributed by atoms with Crippen molar-refractivity contribution in [3.05, 3.63) is 60.6 Å². The fourth-order valence-corrected chi connectivity index (χ4v) is 3.34. The van der Waals surface area contributed by atoms with Crippen LogP contribution >= 0.6 is 0 Å². The third-order valence-electron chi connectivity index (χ3n) is 4.74. The molecule has 0 radical (unpaired) electrons. The number of methoxy groups -OCH3 is 1. The van der Waals surface area contributed by atoms with Crippen molar-refractivity contribution < 1.29 is 23.5 Å². The number of benzene rings is 2. The number of nitrogens with one attached hydrogen (secondary N) is 3. The number of hydrogen-bond acceptors (Lipinski definition) is 6. The van der Waals surface area contributed by atoms with Gasteiger partial charge in [0, 0.05) is 29.9 Å². The minimum atomic E-state index is -0.793. The Hall–Kier alpha value is -4.14. The highest BCUT2D eigenvalue weighted by atomic mass is 16.5. The maximum Gasteiger partial charge on any atom is 0.313 e. The zero-order chi connectivity index (χ0) is 24.0. The van der Waals surface area contributed by atoms with Crippen LogP contribution in [0.4, 0.5) is 11.4 Å². The molecule has 0 aliphatic rings. The molecule has 1 heterocycles. The first kappa shape index (κ1) is 23.5. The number of hydrogen-bond donors (Lipinski definition) is 3. The summed E-state index contributed by atoms with van der Waals surface area (Å²) in [5.74, 6) is -0.708. The van der Waals surface area contributed by atoms with Crippen LogP contribution in [0.25, 0.3) is 11.3 Å². The predicted molar refractivity (Wildman–Crippen MR) is 124 cm³/mol. The maximum atomic E-state index is 12.5. The van der Waals surface area contributed by atoms with Crippen molar-refractivity contribution in [1.82, 2.24) is 10.3 Å². The second-order valence-corrected chi connectivity index (χ2v) is 8.13. The molecule has 33 heavy (non-hydrogen) atoms. The molecule has 0 unspecified atom stereocenters. The van der Waals surface area contributed by atoms with Crippen LogP contribution in [0.5, 0.6) is 5.75 Å². The van der Waals surface area contributed by atoms with Crippen LogP contribution in [0, 0.1) is 0 Å². The van der Waals surface area contributed by atoms with Crippen molar-refractivity contribution in [3.63, 3.8) is 0 Å². The number of oxazole rings is 1. The lowest BCUT2D eigenvalue weighted by molar-refractivity contribution is -0.137. The third kappa shape index (κ3) is 6.42. The molecule has 1 aromatic heterocycles. The van der Waals surface area contributed by atoms with E-state index in [-0.39, 0.29) is 5.91 Å². The largest absolute Gasteiger partial charge is 0.496 e. The minimum Gasteiger partial charge on any atom is -0.496 e. The molecule has 3 amide bonds. The van der Waals surface area contributed by atoms with Gasteiger partial charge in [-0.25, -0.2) is 4.98 Å². The molecular formula is C24H26N4O5. The maximum absolute atomic E-state index is 12.5. The summed E-state index contributed by atoms with van der Waals surface area (Å²) in [4.78, 5) is 40.0. The monoisotopic (exact) mass is 450 g/mol. The Morgan fingerprint density at radius 2 is 1.70 bits per heavy atom. The summed E-state index contributed by atoms with van der Waals surface area (Å²) < 4.78 is 10.7. The van der Waals surface area contributed by atoms with Gasteiger partial charge in [-0.05, 0) is 50.1 Å². The first-order chi connectivity index (χ1) is 15.7. The predicted octanol–water partition coefficient (Wildman–Crippen LogP) is 3.38. The summed E-state index contributed by atoms with van der Waals surface area (Å²) in [6, 6.07) is 12.3. The Kier molecular flexibility index (Phi) is 7.12. The first-order valence-corrected chi connectivity index (χ1v) is 10.2. The number of rotatable bonds is 7. The summed E-state index contributed by atoms with van der Waals surface area (Å²) in [6.07, 6.45) is 3.36. The van der Waals surface area contributed by atoms with Crippen molar-refractivity contribution in [1.29, 1.82) is 0 Å². The van der Waals surface area contributed by atoms with E-state index >= 15 is 0 Å². The topological polar surface area (TPSA) is 123 Å². The number of ether oxygens (including phenoxy) is 1. The molecule has 0 saturated heterocycles. The van der Waals surface area contributed by atoms with Gasteiger partial charge in [-0.3, -0.25) is 14.4 Å². The lowest BCUT2D eigenvalue weighted by Crippen LogP contribution is -2.49. The van der Waals surface area contributed by atoms with Crippen molar-refractivity contribution in [2.24, 2.45) is 0 Å². The summed E-state index contributed by atoms with van der Waals surface area (Å²) >= 11 is 0. The molecule has 0 atom stereocenters. The van der Waals surface area contributed by atoms with Gasteiger partial charge in [-0.15, -0.1) is 0 Å². The number of anilines is 2. The highest BCUT2D eigenvalue weighted by Gasteiger charge is 2.25. The number of carbonyl (C=O) groups excluding carboxylic acids is 3. The van der Waals surface area contributed by atoms with Gasteiger partial charge in [0.05, 0.1) is 18.9 Å². The van der Waals surface area contributed by atoms with E-state index in [1.165, 1.54) is 20.4 Å². The molecule has 0 saturated carbocycles. The van der Waals surface area contributed by atoms with E-state index < -0.39 is 17.4 Å². The first-order valence-electron chi connectivity index (χ1n) is 10.2. The zero-order valence-electron chi connectivity index (χ0n) is 18.9. The lowest BCUT2D eigenvalue weighted by atomic mass is 9.94. The summed E-state index contributed by atoms with van der Waals surface area (Å²) in [7, 11) is 1.50. The van der Waals surface area contributed by atoms with Crippen LogP contribution in [0.1, 0.15) is 26.3 Å². The highest BCUT2D eigenvalue weighted by Crippen LogP contribution is 2.32. The molecule has 3 N–H and O–H groups in total.